The molecule has 1 saturated heterocycles. The molecule has 0 spiro atoms. The summed E-state index contributed by atoms with van der Waals surface area (Å²) in [6.07, 6.45) is 5.38. The number of amides is 1. The zero-order valence-corrected chi connectivity index (χ0v) is 18.3. The Morgan fingerprint density at radius 3 is 2.38 bits per heavy atom. The number of rotatable bonds is 4. The Morgan fingerprint density at radius 2 is 1.69 bits per heavy atom. The molecule has 1 aliphatic rings. The second kappa shape index (κ2) is 8.42. The SMILES string of the molecule is CC(C)n1ncc2c(C(=O)N3CCN(c4ccncc4)CC3)cc(-c3ccccc3)nc21. The van der Waals surface area contributed by atoms with Gasteiger partial charge in [0.15, 0.2) is 5.65 Å². The predicted octanol–water partition coefficient (Wildman–Crippen LogP) is 4.04. The molecule has 0 saturated carbocycles. The monoisotopic (exact) mass is 426 g/mol. The van der Waals surface area contributed by atoms with Gasteiger partial charge in [-0.2, -0.15) is 5.10 Å². The molecule has 1 aliphatic heterocycles. The molecule has 0 atom stereocenters. The highest BCUT2D eigenvalue weighted by Crippen LogP contribution is 2.28. The summed E-state index contributed by atoms with van der Waals surface area (Å²) in [7, 11) is 0. The zero-order chi connectivity index (χ0) is 22.1. The highest BCUT2D eigenvalue weighted by Gasteiger charge is 2.26. The van der Waals surface area contributed by atoms with Gasteiger partial charge < -0.3 is 9.80 Å². The molecule has 162 valence electrons. The average molecular weight is 427 g/mol. The van der Waals surface area contributed by atoms with Gasteiger partial charge >= 0.3 is 0 Å². The number of pyridine rings is 2. The van der Waals surface area contributed by atoms with E-state index < -0.39 is 0 Å². The van der Waals surface area contributed by atoms with Gasteiger partial charge in [0.2, 0.25) is 0 Å². The van der Waals surface area contributed by atoms with Crippen LogP contribution in [0.1, 0.15) is 30.2 Å². The Morgan fingerprint density at radius 1 is 0.969 bits per heavy atom. The predicted molar refractivity (Wildman–Crippen MR) is 126 cm³/mol. The molecule has 0 bridgehead atoms. The van der Waals surface area contributed by atoms with Crippen LogP contribution in [0.4, 0.5) is 5.69 Å². The summed E-state index contributed by atoms with van der Waals surface area (Å²) in [5.41, 5.74) is 4.34. The fourth-order valence-corrected chi connectivity index (χ4v) is 4.22. The van der Waals surface area contributed by atoms with E-state index in [0.29, 0.717) is 18.7 Å². The molecule has 3 aromatic heterocycles. The number of nitrogens with zero attached hydrogens (tertiary/aromatic N) is 6. The quantitative estimate of drug-likeness (QED) is 0.493. The van der Waals surface area contributed by atoms with Crippen LogP contribution < -0.4 is 4.90 Å². The lowest BCUT2D eigenvalue weighted by atomic mass is 10.1. The third-order valence-electron chi connectivity index (χ3n) is 5.95. The number of carbonyl (C=O) groups is 1. The van der Waals surface area contributed by atoms with Crippen molar-refractivity contribution in [2.24, 2.45) is 0 Å². The Bertz CT molecular complexity index is 1230. The fourth-order valence-electron chi connectivity index (χ4n) is 4.22. The largest absolute Gasteiger partial charge is 0.368 e. The van der Waals surface area contributed by atoms with Crippen molar-refractivity contribution in [3.8, 4) is 11.3 Å². The first-order valence-electron chi connectivity index (χ1n) is 11.0. The van der Waals surface area contributed by atoms with E-state index in [4.69, 9.17) is 4.98 Å². The van der Waals surface area contributed by atoms with E-state index in [0.717, 1.165) is 41.1 Å². The minimum absolute atomic E-state index is 0.0345. The number of carbonyl (C=O) groups excluding carboxylic acids is 1. The van der Waals surface area contributed by atoms with E-state index in [2.05, 4.69) is 28.8 Å². The zero-order valence-electron chi connectivity index (χ0n) is 18.3. The average Bonchev–Trinajstić information content (AvgIpc) is 3.29. The van der Waals surface area contributed by atoms with Crippen LogP contribution >= 0.6 is 0 Å². The van der Waals surface area contributed by atoms with Gasteiger partial charge in [0.05, 0.1) is 22.8 Å². The molecule has 7 heteroatoms. The second-order valence-corrected chi connectivity index (χ2v) is 8.33. The topological polar surface area (TPSA) is 67.2 Å². The van der Waals surface area contributed by atoms with Crippen molar-refractivity contribution in [1.29, 1.82) is 0 Å². The molecule has 1 amide bonds. The maximum absolute atomic E-state index is 13.7. The molecule has 0 radical (unpaired) electrons. The number of hydrogen-bond donors (Lipinski definition) is 0. The van der Waals surface area contributed by atoms with Gasteiger partial charge in [0, 0.05) is 55.9 Å². The van der Waals surface area contributed by atoms with Crippen LogP contribution in [-0.4, -0.2) is 56.7 Å². The van der Waals surface area contributed by atoms with E-state index in [1.165, 1.54) is 0 Å². The Balaban J connectivity index is 1.48. The summed E-state index contributed by atoms with van der Waals surface area (Å²) in [5, 5.41) is 5.34. The molecule has 7 nitrogen and oxygen atoms in total. The maximum atomic E-state index is 13.7. The highest BCUT2D eigenvalue weighted by atomic mass is 16.2. The molecule has 32 heavy (non-hydrogen) atoms. The molecule has 0 N–H and O–H groups in total. The number of anilines is 1. The molecule has 4 aromatic rings. The smallest absolute Gasteiger partial charge is 0.254 e. The van der Waals surface area contributed by atoms with Gasteiger partial charge in [0.1, 0.15) is 0 Å². The van der Waals surface area contributed by atoms with Crippen molar-refractivity contribution in [2.45, 2.75) is 19.9 Å². The third-order valence-corrected chi connectivity index (χ3v) is 5.95. The third kappa shape index (κ3) is 3.70. The summed E-state index contributed by atoms with van der Waals surface area (Å²) in [6, 6.07) is 16.1. The van der Waals surface area contributed by atoms with Crippen LogP contribution in [0.25, 0.3) is 22.3 Å². The van der Waals surface area contributed by atoms with Gasteiger partial charge in [-0.25, -0.2) is 9.67 Å². The Hall–Kier alpha value is -3.74. The van der Waals surface area contributed by atoms with Gasteiger partial charge in [-0.3, -0.25) is 9.78 Å². The van der Waals surface area contributed by atoms with E-state index in [9.17, 15) is 4.79 Å². The van der Waals surface area contributed by atoms with Crippen molar-refractivity contribution in [3.05, 3.63) is 72.7 Å². The summed E-state index contributed by atoms with van der Waals surface area (Å²) in [5.74, 6) is 0.0345. The fraction of sp³-hybridized carbons (Fsp3) is 0.280. The van der Waals surface area contributed by atoms with Gasteiger partial charge in [-0.1, -0.05) is 30.3 Å². The number of aromatic nitrogens is 4. The van der Waals surface area contributed by atoms with Crippen molar-refractivity contribution in [1.82, 2.24) is 24.6 Å². The molecule has 4 heterocycles. The summed E-state index contributed by atoms with van der Waals surface area (Å²) in [6.45, 7) is 7.07. The molecular formula is C25H26N6O. The van der Waals surface area contributed by atoms with Gasteiger partial charge in [-0.15, -0.1) is 0 Å². The lowest BCUT2D eigenvalue weighted by Gasteiger charge is -2.36. The molecule has 0 aliphatic carbocycles. The summed E-state index contributed by atoms with van der Waals surface area (Å²) < 4.78 is 1.89. The lowest BCUT2D eigenvalue weighted by Crippen LogP contribution is -2.48. The highest BCUT2D eigenvalue weighted by molar-refractivity contribution is 6.06. The second-order valence-electron chi connectivity index (χ2n) is 8.33. The molecule has 0 unspecified atom stereocenters. The van der Waals surface area contributed by atoms with Crippen LogP contribution in [0.15, 0.2) is 67.1 Å². The van der Waals surface area contributed by atoms with Crippen LogP contribution in [0, 0.1) is 0 Å². The van der Waals surface area contributed by atoms with Crippen molar-refractivity contribution in [2.75, 3.05) is 31.1 Å². The summed E-state index contributed by atoms with van der Waals surface area (Å²) in [4.78, 5) is 26.9. The number of hydrogen-bond acceptors (Lipinski definition) is 5. The van der Waals surface area contributed by atoms with Gasteiger partial charge in [-0.05, 0) is 32.0 Å². The lowest BCUT2D eigenvalue weighted by molar-refractivity contribution is 0.0748. The Kier molecular flexibility index (Phi) is 5.31. The van der Waals surface area contributed by atoms with E-state index in [1.807, 2.05) is 58.1 Å². The van der Waals surface area contributed by atoms with Gasteiger partial charge in [0.25, 0.3) is 5.91 Å². The normalized spacial score (nSPS) is 14.3. The maximum Gasteiger partial charge on any atom is 0.254 e. The Labute approximate surface area is 187 Å². The van der Waals surface area contributed by atoms with Crippen molar-refractivity contribution in [3.63, 3.8) is 0 Å². The van der Waals surface area contributed by atoms with E-state index in [1.54, 1.807) is 18.6 Å². The first-order chi connectivity index (χ1) is 15.6. The number of benzene rings is 1. The summed E-state index contributed by atoms with van der Waals surface area (Å²) >= 11 is 0. The molecule has 1 aromatic carbocycles. The standard InChI is InChI=1S/C25H26N6O/c1-18(2)31-24-22(17-27-31)21(16-23(28-24)19-6-4-3-5-7-19)25(32)30-14-12-29(13-15-30)20-8-10-26-11-9-20/h3-11,16-18H,12-15H2,1-2H3. The van der Waals surface area contributed by atoms with Crippen LogP contribution in [-0.2, 0) is 0 Å². The first-order valence-corrected chi connectivity index (χ1v) is 11.0. The number of fused-ring (bicyclic) bond motifs is 1. The van der Waals surface area contributed by atoms with E-state index >= 15 is 0 Å². The molecule has 5 rings (SSSR count). The number of piperazine rings is 1. The van der Waals surface area contributed by atoms with E-state index in [-0.39, 0.29) is 11.9 Å². The molecular weight excluding hydrogens is 400 g/mol. The van der Waals surface area contributed by atoms with Crippen LogP contribution in [0.2, 0.25) is 0 Å². The minimum Gasteiger partial charge on any atom is -0.368 e. The van der Waals surface area contributed by atoms with Crippen molar-refractivity contribution < 1.29 is 4.79 Å². The minimum atomic E-state index is 0.0345. The van der Waals surface area contributed by atoms with Crippen LogP contribution in [0.3, 0.4) is 0 Å². The van der Waals surface area contributed by atoms with Crippen LogP contribution in [0.5, 0.6) is 0 Å². The molecule has 1 fully saturated rings. The van der Waals surface area contributed by atoms with Crippen molar-refractivity contribution >= 4 is 22.6 Å². The first kappa shape index (κ1) is 20.2.